The monoisotopic (exact) mass is 289 g/mol. The van der Waals surface area contributed by atoms with Crippen LogP contribution in [-0.4, -0.2) is 37.2 Å². The van der Waals surface area contributed by atoms with E-state index in [1.807, 2.05) is 0 Å². The summed E-state index contributed by atoms with van der Waals surface area (Å²) in [6.45, 7) is 0. The normalized spacial score (nSPS) is 9.86. The fraction of sp³-hybridized carbons (Fsp3) is 0.214. The number of methoxy groups -OCH3 is 3. The number of para-hydroxylation sites is 1. The molecular weight excluding hydrogens is 274 g/mol. The number of benzene rings is 1. The Bertz CT molecular complexity index is 646. The predicted molar refractivity (Wildman–Crippen MR) is 76.1 cm³/mol. The maximum Gasteiger partial charge on any atom is 0.319 e. The van der Waals surface area contributed by atoms with Crippen molar-refractivity contribution in [2.24, 2.45) is 0 Å². The number of aromatic nitrogens is 2. The Morgan fingerprint density at radius 2 is 1.86 bits per heavy atom. The molecule has 1 aromatic carbocycles. The first-order chi connectivity index (χ1) is 10.2. The number of ether oxygens (including phenoxy) is 3. The van der Waals surface area contributed by atoms with Crippen LogP contribution < -0.4 is 19.5 Å². The van der Waals surface area contributed by atoms with Gasteiger partial charge in [-0.3, -0.25) is 4.79 Å². The molecule has 0 saturated heterocycles. The molecule has 0 radical (unpaired) electrons. The molecule has 1 N–H and O–H groups in total. The highest BCUT2D eigenvalue weighted by Gasteiger charge is 2.15. The van der Waals surface area contributed by atoms with Crippen molar-refractivity contribution in [3.63, 3.8) is 0 Å². The third-order valence-electron chi connectivity index (χ3n) is 2.71. The zero-order valence-electron chi connectivity index (χ0n) is 11.9. The molecule has 0 saturated carbocycles. The van der Waals surface area contributed by atoms with Crippen molar-refractivity contribution in [1.29, 1.82) is 0 Å². The molecular formula is C14H15N3O4. The van der Waals surface area contributed by atoms with Gasteiger partial charge in [-0.05, 0) is 12.1 Å². The summed E-state index contributed by atoms with van der Waals surface area (Å²) in [5, 5.41) is 2.68. The van der Waals surface area contributed by atoms with E-state index in [1.54, 1.807) is 24.3 Å². The number of nitrogens with zero attached hydrogens (tertiary/aromatic N) is 2. The summed E-state index contributed by atoms with van der Waals surface area (Å²) in [5.41, 5.74) is 0.743. The van der Waals surface area contributed by atoms with E-state index in [1.165, 1.54) is 27.5 Å². The second-order valence-corrected chi connectivity index (χ2v) is 3.93. The number of hydrogen-bond acceptors (Lipinski definition) is 6. The van der Waals surface area contributed by atoms with Crippen molar-refractivity contribution >= 4 is 11.6 Å². The maximum atomic E-state index is 12.3. The van der Waals surface area contributed by atoms with Gasteiger partial charge in [0.1, 0.15) is 11.4 Å². The zero-order valence-corrected chi connectivity index (χ0v) is 11.9. The molecule has 7 nitrogen and oxygen atoms in total. The van der Waals surface area contributed by atoms with Crippen LogP contribution in [-0.2, 0) is 0 Å². The van der Waals surface area contributed by atoms with Gasteiger partial charge in [0, 0.05) is 0 Å². The van der Waals surface area contributed by atoms with E-state index in [-0.39, 0.29) is 17.8 Å². The molecule has 0 aliphatic carbocycles. The molecule has 1 heterocycles. The lowest BCUT2D eigenvalue weighted by molar-refractivity contribution is 0.102. The minimum Gasteiger partial charge on any atom is -0.496 e. The number of carbonyl (C=O) groups excluding carboxylic acids is 1. The van der Waals surface area contributed by atoms with E-state index in [0.717, 1.165) is 0 Å². The highest BCUT2D eigenvalue weighted by molar-refractivity contribution is 6.06. The van der Waals surface area contributed by atoms with Gasteiger partial charge < -0.3 is 19.5 Å². The number of carbonyl (C=O) groups is 1. The van der Waals surface area contributed by atoms with Crippen molar-refractivity contribution in [1.82, 2.24) is 9.97 Å². The zero-order chi connectivity index (χ0) is 15.2. The van der Waals surface area contributed by atoms with Crippen molar-refractivity contribution < 1.29 is 19.0 Å². The van der Waals surface area contributed by atoms with Crippen LogP contribution in [0.25, 0.3) is 0 Å². The third-order valence-corrected chi connectivity index (χ3v) is 2.71. The van der Waals surface area contributed by atoms with E-state index >= 15 is 0 Å². The summed E-state index contributed by atoms with van der Waals surface area (Å²) >= 11 is 0. The summed E-state index contributed by atoms with van der Waals surface area (Å²) in [6, 6.07) is 7.05. The first-order valence-corrected chi connectivity index (χ1v) is 6.09. The Hall–Kier alpha value is -2.83. The molecule has 1 amide bonds. The lowest BCUT2D eigenvalue weighted by Crippen LogP contribution is -2.14. The molecule has 0 spiro atoms. The minimum atomic E-state index is -0.348. The maximum absolute atomic E-state index is 12.3. The average molecular weight is 289 g/mol. The van der Waals surface area contributed by atoms with Crippen molar-refractivity contribution in [3.05, 3.63) is 36.0 Å². The molecule has 0 atom stereocenters. The largest absolute Gasteiger partial charge is 0.496 e. The molecule has 0 aliphatic heterocycles. The lowest BCUT2D eigenvalue weighted by atomic mass is 10.2. The second kappa shape index (κ2) is 6.56. The first-order valence-electron chi connectivity index (χ1n) is 6.09. The van der Waals surface area contributed by atoms with Gasteiger partial charge in [-0.25, -0.2) is 4.98 Å². The standard InChI is InChI=1S/C14H15N3O4/c1-19-11-7-5-4-6-9(11)12(18)16-10-8-15-14(21-3)17-13(10)20-2/h4-8H,1-3H3,(H,16,18). The van der Waals surface area contributed by atoms with Crippen LogP contribution in [0.2, 0.25) is 0 Å². The van der Waals surface area contributed by atoms with E-state index in [4.69, 9.17) is 14.2 Å². The van der Waals surface area contributed by atoms with Crippen LogP contribution in [0.1, 0.15) is 10.4 Å². The van der Waals surface area contributed by atoms with Crippen LogP contribution in [0.5, 0.6) is 17.6 Å². The molecule has 0 aliphatic rings. The van der Waals surface area contributed by atoms with Gasteiger partial charge in [0.05, 0.1) is 33.1 Å². The number of nitrogens with one attached hydrogen (secondary N) is 1. The summed E-state index contributed by atoms with van der Waals surface area (Å²) in [4.78, 5) is 20.2. The van der Waals surface area contributed by atoms with E-state index in [0.29, 0.717) is 17.0 Å². The topological polar surface area (TPSA) is 82.6 Å². The fourth-order valence-electron chi connectivity index (χ4n) is 1.71. The van der Waals surface area contributed by atoms with Gasteiger partial charge in [0.25, 0.3) is 5.91 Å². The molecule has 110 valence electrons. The fourth-order valence-corrected chi connectivity index (χ4v) is 1.71. The van der Waals surface area contributed by atoms with Crippen LogP contribution in [0.4, 0.5) is 5.69 Å². The van der Waals surface area contributed by atoms with E-state index < -0.39 is 0 Å². The van der Waals surface area contributed by atoms with Gasteiger partial charge in [-0.15, -0.1) is 0 Å². The number of rotatable bonds is 5. The van der Waals surface area contributed by atoms with Crippen LogP contribution in [0.3, 0.4) is 0 Å². The minimum absolute atomic E-state index is 0.155. The SMILES string of the molecule is COc1ncc(NC(=O)c2ccccc2OC)c(OC)n1. The number of amides is 1. The lowest BCUT2D eigenvalue weighted by Gasteiger charge is -2.11. The second-order valence-electron chi connectivity index (χ2n) is 3.93. The Morgan fingerprint density at radius 1 is 1.10 bits per heavy atom. The third kappa shape index (κ3) is 3.19. The van der Waals surface area contributed by atoms with Gasteiger partial charge in [0.15, 0.2) is 0 Å². The predicted octanol–water partition coefficient (Wildman–Crippen LogP) is 1.75. The van der Waals surface area contributed by atoms with E-state index in [9.17, 15) is 4.79 Å². The highest BCUT2D eigenvalue weighted by Crippen LogP contribution is 2.25. The smallest absolute Gasteiger partial charge is 0.319 e. The first kappa shape index (κ1) is 14.6. The Labute approximate surface area is 121 Å². The van der Waals surface area contributed by atoms with Crippen LogP contribution in [0.15, 0.2) is 30.5 Å². The average Bonchev–Trinajstić information content (AvgIpc) is 2.55. The van der Waals surface area contributed by atoms with Crippen LogP contribution >= 0.6 is 0 Å². The van der Waals surface area contributed by atoms with Crippen molar-refractivity contribution in [2.75, 3.05) is 26.6 Å². The molecule has 0 fully saturated rings. The molecule has 0 bridgehead atoms. The molecule has 2 rings (SSSR count). The molecule has 0 unspecified atom stereocenters. The number of hydrogen-bond donors (Lipinski definition) is 1. The quantitative estimate of drug-likeness (QED) is 0.903. The van der Waals surface area contributed by atoms with Crippen LogP contribution in [0, 0.1) is 0 Å². The van der Waals surface area contributed by atoms with Gasteiger partial charge in [-0.1, -0.05) is 12.1 Å². The highest BCUT2D eigenvalue weighted by atomic mass is 16.5. The van der Waals surface area contributed by atoms with Crippen molar-refractivity contribution in [3.8, 4) is 17.6 Å². The Balaban J connectivity index is 2.27. The summed E-state index contributed by atoms with van der Waals surface area (Å²) in [7, 11) is 4.39. The van der Waals surface area contributed by atoms with E-state index in [2.05, 4.69) is 15.3 Å². The molecule has 2 aromatic rings. The Morgan fingerprint density at radius 3 is 2.52 bits per heavy atom. The molecule has 21 heavy (non-hydrogen) atoms. The van der Waals surface area contributed by atoms with Gasteiger partial charge in [0.2, 0.25) is 5.88 Å². The van der Waals surface area contributed by atoms with Crippen molar-refractivity contribution in [2.45, 2.75) is 0 Å². The Kier molecular flexibility index (Phi) is 4.55. The summed E-state index contributed by atoms with van der Waals surface area (Å²) in [5.74, 6) is 0.341. The van der Waals surface area contributed by atoms with Gasteiger partial charge >= 0.3 is 6.01 Å². The summed E-state index contributed by atoms with van der Waals surface area (Å²) < 4.78 is 15.2. The summed E-state index contributed by atoms with van der Waals surface area (Å²) in [6.07, 6.45) is 1.41. The molecule has 1 aromatic heterocycles. The molecule has 7 heteroatoms. The van der Waals surface area contributed by atoms with Gasteiger partial charge in [-0.2, -0.15) is 4.98 Å². The number of anilines is 1.